The molecule has 0 aliphatic rings. The molecule has 0 radical (unpaired) electrons. The standard InChI is InChI=1S/C18H18ClN5O3/c1-23-11-14(10-21-23)24-18(26)15(17(25)20-7-8-27-2)9-16(22-24)12-3-5-13(19)6-4-12/h3-6,9-11H,7-8H2,1-2H3,(H,20,25). The molecular weight excluding hydrogens is 370 g/mol. The van der Waals surface area contributed by atoms with E-state index < -0.39 is 11.5 Å². The predicted molar refractivity (Wildman–Crippen MR) is 101 cm³/mol. The molecule has 2 heterocycles. The van der Waals surface area contributed by atoms with Crippen molar-refractivity contribution >= 4 is 17.5 Å². The molecule has 1 amide bonds. The molecule has 0 fully saturated rings. The molecule has 0 atom stereocenters. The number of aryl methyl sites for hydroxylation is 1. The van der Waals surface area contributed by atoms with Crippen LogP contribution >= 0.6 is 11.6 Å². The van der Waals surface area contributed by atoms with Crippen LogP contribution in [0.2, 0.25) is 5.02 Å². The molecule has 0 spiro atoms. The third kappa shape index (κ3) is 4.24. The normalized spacial score (nSPS) is 10.8. The van der Waals surface area contributed by atoms with Gasteiger partial charge in [-0.1, -0.05) is 23.7 Å². The number of carbonyl (C=O) groups excluding carboxylic acids is 1. The van der Waals surface area contributed by atoms with Crippen LogP contribution in [-0.2, 0) is 11.8 Å². The molecule has 0 aliphatic carbocycles. The van der Waals surface area contributed by atoms with Crippen LogP contribution in [0.25, 0.3) is 16.9 Å². The van der Waals surface area contributed by atoms with Gasteiger partial charge in [0.05, 0.1) is 24.7 Å². The Morgan fingerprint density at radius 3 is 2.67 bits per heavy atom. The number of nitrogens with one attached hydrogen (secondary N) is 1. The summed E-state index contributed by atoms with van der Waals surface area (Å²) < 4.78 is 7.65. The van der Waals surface area contributed by atoms with E-state index in [1.807, 2.05) is 0 Å². The van der Waals surface area contributed by atoms with E-state index in [1.165, 1.54) is 24.1 Å². The summed E-state index contributed by atoms with van der Waals surface area (Å²) in [6.45, 7) is 0.637. The minimum atomic E-state index is -0.532. The van der Waals surface area contributed by atoms with E-state index in [-0.39, 0.29) is 5.56 Å². The molecule has 8 nitrogen and oxygen atoms in total. The van der Waals surface area contributed by atoms with E-state index in [1.54, 1.807) is 42.2 Å². The maximum atomic E-state index is 12.8. The molecule has 3 rings (SSSR count). The molecule has 0 unspecified atom stereocenters. The van der Waals surface area contributed by atoms with Crippen molar-refractivity contribution in [3.05, 3.63) is 63.7 Å². The van der Waals surface area contributed by atoms with Gasteiger partial charge >= 0.3 is 0 Å². The Balaban J connectivity index is 2.11. The van der Waals surface area contributed by atoms with Crippen molar-refractivity contribution in [3.8, 4) is 16.9 Å². The molecule has 1 aromatic carbocycles. The summed E-state index contributed by atoms with van der Waals surface area (Å²) in [5.41, 5.74) is 1.10. The van der Waals surface area contributed by atoms with Gasteiger partial charge in [-0.25, -0.2) is 0 Å². The molecule has 0 bridgehead atoms. The maximum Gasteiger partial charge on any atom is 0.284 e. The van der Waals surface area contributed by atoms with E-state index >= 15 is 0 Å². The van der Waals surface area contributed by atoms with Crippen LogP contribution in [0.5, 0.6) is 0 Å². The van der Waals surface area contributed by atoms with Crippen molar-refractivity contribution in [1.29, 1.82) is 0 Å². The highest BCUT2D eigenvalue weighted by Crippen LogP contribution is 2.20. The number of amides is 1. The lowest BCUT2D eigenvalue weighted by molar-refractivity contribution is 0.0935. The van der Waals surface area contributed by atoms with Crippen LogP contribution < -0.4 is 10.9 Å². The Morgan fingerprint density at radius 1 is 1.30 bits per heavy atom. The third-order valence-electron chi connectivity index (χ3n) is 3.82. The van der Waals surface area contributed by atoms with Crippen molar-refractivity contribution in [2.24, 2.45) is 7.05 Å². The van der Waals surface area contributed by atoms with Crippen LogP contribution in [0, 0.1) is 0 Å². The highest BCUT2D eigenvalue weighted by atomic mass is 35.5. The fourth-order valence-corrected chi connectivity index (χ4v) is 2.60. The van der Waals surface area contributed by atoms with Crippen LogP contribution in [0.1, 0.15) is 10.4 Å². The number of benzene rings is 1. The molecule has 0 saturated heterocycles. The lowest BCUT2D eigenvalue weighted by Crippen LogP contribution is -2.35. The van der Waals surface area contributed by atoms with E-state index in [4.69, 9.17) is 16.3 Å². The number of carbonyl (C=O) groups is 1. The quantitative estimate of drug-likeness (QED) is 0.649. The molecule has 140 valence electrons. The molecular formula is C18H18ClN5O3. The van der Waals surface area contributed by atoms with Gasteiger partial charge in [-0.3, -0.25) is 14.3 Å². The first kappa shape index (κ1) is 18.8. The molecule has 1 N–H and O–H groups in total. The summed E-state index contributed by atoms with van der Waals surface area (Å²) >= 11 is 5.94. The average Bonchev–Trinajstić information content (AvgIpc) is 3.09. The summed E-state index contributed by atoms with van der Waals surface area (Å²) in [5.74, 6) is -0.493. The average molecular weight is 388 g/mol. The first-order valence-corrected chi connectivity index (χ1v) is 8.54. The van der Waals surface area contributed by atoms with Crippen molar-refractivity contribution in [2.75, 3.05) is 20.3 Å². The Kier molecular flexibility index (Phi) is 5.68. The number of aromatic nitrogens is 4. The predicted octanol–water partition coefficient (Wildman–Crippen LogP) is 1.66. The highest BCUT2D eigenvalue weighted by molar-refractivity contribution is 6.30. The number of halogens is 1. The van der Waals surface area contributed by atoms with Gasteiger partial charge < -0.3 is 10.1 Å². The van der Waals surface area contributed by atoms with Gasteiger partial charge in [-0.2, -0.15) is 14.9 Å². The van der Waals surface area contributed by atoms with Gasteiger partial charge in [0, 0.05) is 31.3 Å². The third-order valence-corrected chi connectivity index (χ3v) is 4.08. The zero-order valence-corrected chi connectivity index (χ0v) is 15.6. The molecule has 2 aromatic heterocycles. The number of ether oxygens (including phenoxy) is 1. The maximum absolute atomic E-state index is 12.8. The Morgan fingerprint density at radius 2 is 2.04 bits per heavy atom. The van der Waals surface area contributed by atoms with E-state index in [0.29, 0.717) is 29.6 Å². The van der Waals surface area contributed by atoms with Crippen molar-refractivity contribution in [1.82, 2.24) is 24.9 Å². The summed E-state index contributed by atoms with van der Waals surface area (Å²) in [6, 6.07) is 8.46. The SMILES string of the molecule is COCCNC(=O)c1cc(-c2ccc(Cl)cc2)nn(-c2cnn(C)c2)c1=O. The van der Waals surface area contributed by atoms with Crippen molar-refractivity contribution in [2.45, 2.75) is 0 Å². The van der Waals surface area contributed by atoms with Gasteiger partial charge in [0.15, 0.2) is 0 Å². The van der Waals surface area contributed by atoms with Crippen LogP contribution in [-0.4, -0.2) is 45.7 Å². The van der Waals surface area contributed by atoms with Crippen LogP contribution in [0.4, 0.5) is 0 Å². The first-order valence-electron chi connectivity index (χ1n) is 8.16. The largest absolute Gasteiger partial charge is 0.383 e. The van der Waals surface area contributed by atoms with E-state index in [0.717, 1.165) is 5.56 Å². The second kappa shape index (κ2) is 8.15. The molecule has 9 heteroatoms. The van der Waals surface area contributed by atoms with Crippen molar-refractivity contribution < 1.29 is 9.53 Å². The Bertz CT molecular complexity index is 1010. The number of nitrogens with zero attached hydrogens (tertiary/aromatic N) is 4. The second-order valence-electron chi connectivity index (χ2n) is 5.79. The fraction of sp³-hybridized carbons (Fsp3) is 0.222. The lowest BCUT2D eigenvalue weighted by Gasteiger charge is -2.10. The number of methoxy groups -OCH3 is 1. The van der Waals surface area contributed by atoms with E-state index in [9.17, 15) is 9.59 Å². The smallest absolute Gasteiger partial charge is 0.284 e. The van der Waals surface area contributed by atoms with Gasteiger partial charge in [0.25, 0.3) is 11.5 Å². The zero-order valence-electron chi connectivity index (χ0n) is 14.8. The van der Waals surface area contributed by atoms with Crippen LogP contribution in [0.3, 0.4) is 0 Å². The summed E-state index contributed by atoms with van der Waals surface area (Å²) in [5, 5.41) is 11.7. The number of rotatable bonds is 6. The minimum absolute atomic E-state index is 0.0186. The van der Waals surface area contributed by atoms with E-state index in [2.05, 4.69) is 15.5 Å². The molecule has 3 aromatic rings. The minimum Gasteiger partial charge on any atom is -0.383 e. The molecule has 27 heavy (non-hydrogen) atoms. The zero-order chi connectivity index (χ0) is 19.4. The Labute approximate surface area is 160 Å². The number of hydrogen-bond acceptors (Lipinski definition) is 5. The lowest BCUT2D eigenvalue weighted by atomic mass is 10.1. The monoisotopic (exact) mass is 387 g/mol. The molecule has 0 aliphatic heterocycles. The van der Waals surface area contributed by atoms with Gasteiger partial charge in [0.1, 0.15) is 11.3 Å². The topological polar surface area (TPSA) is 91.0 Å². The van der Waals surface area contributed by atoms with Crippen molar-refractivity contribution in [3.63, 3.8) is 0 Å². The van der Waals surface area contributed by atoms with Gasteiger partial charge in [-0.15, -0.1) is 0 Å². The Hall–Kier alpha value is -2.97. The summed E-state index contributed by atoms with van der Waals surface area (Å²) in [4.78, 5) is 25.4. The van der Waals surface area contributed by atoms with Crippen LogP contribution in [0.15, 0.2) is 47.5 Å². The second-order valence-corrected chi connectivity index (χ2v) is 6.22. The fourth-order valence-electron chi connectivity index (χ4n) is 2.47. The van der Waals surface area contributed by atoms with Gasteiger partial charge in [-0.05, 0) is 18.2 Å². The highest BCUT2D eigenvalue weighted by Gasteiger charge is 2.18. The first-order chi connectivity index (χ1) is 13.0. The number of hydrogen-bond donors (Lipinski definition) is 1. The molecule has 0 saturated carbocycles. The summed E-state index contributed by atoms with van der Waals surface area (Å²) in [6.07, 6.45) is 3.15. The van der Waals surface area contributed by atoms with Gasteiger partial charge in [0.2, 0.25) is 0 Å². The summed E-state index contributed by atoms with van der Waals surface area (Å²) in [7, 11) is 3.27.